The van der Waals surface area contributed by atoms with E-state index in [9.17, 15) is 4.79 Å². The number of hydrogen-bond donors (Lipinski definition) is 0. The second-order valence-electron chi connectivity index (χ2n) is 4.89. The number of carbonyl (C=O) groups excluding carboxylic acids is 1. The monoisotopic (exact) mass is 260 g/mol. The Balaban J connectivity index is 1.63. The van der Waals surface area contributed by atoms with Crippen LogP contribution in [0.2, 0.25) is 0 Å². The minimum Gasteiger partial charge on any atom is -0.459 e. The minimum absolute atomic E-state index is 0.0395. The molecule has 0 N–H and O–H groups in total. The Kier molecular flexibility index (Phi) is 3.21. The number of nitrogens with zero attached hydrogens (tertiary/aromatic N) is 2. The number of aromatic nitrogens is 2. The molecule has 0 saturated carbocycles. The van der Waals surface area contributed by atoms with E-state index in [2.05, 4.69) is 4.98 Å². The van der Waals surface area contributed by atoms with Gasteiger partial charge < -0.3 is 13.9 Å². The highest BCUT2D eigenvalue weighted by atomic mass is 16.6. The van der Waals surface area contributed by atoms with Crippen molar-refractivity contribution in [1.82, 2.24) is 9.38 Å². The number of pyridine rings is 1. The second-order valence-corrected chi connectivity index (χ2v) is 4.89. The lowest BCUT2D eigenvalue weighted by atomic mass is 10.2. The van der Waals surface area contributed by atoms with Gasteiger partial charge in [-0.25, -0.2) is 9.78 Å². The van der Waals surface area contributed by atoms with Crippen LogP contribution in [0.5, 0.6) is 0 Å². The van der Waals surface area contributed by atoms with Crippen LogP contribution in [-0.2, 0) is 9.47 Å². The Morgan fingerprint density at radius 2 is 2.47 bits per heavy atom. The highest BCUT2D eigenvalue weighted by Gasteiger charge is 2.23. The zero-order valence-corrected chi connectivity index (χ0v) is 10.8. The third-order valence-electron chi connectivity index (χ3n) is 3.37. The highest BCUT2D eigenvalue weighted by molar-refractivity contribution is 5.90. The van der Waals surface area contributed by atoms with Crippen molar-refractivity contribution in [2.24, 2.45) is 0 Å². The molecule has 2 unspecified atom stereocenters. The van der Waals surface area contributed by atoms with Crippen LogP contribution in [0.3, 0.4) is 0 Å². The molecule has 100 valence electrons. The first-order valence-electron chi connectivity index (χ1n) is 6.46. The second kappa shape index (κ2) is 5.01. The van der Waals surface area contributed by atoms with Crippen LogP contribution >= 0.6 is 0 Å². The van der Waals surface area contributed by atoms with E-state index in [0.29, 0.717) is 12.2 Å². The number of rotatable bonds is 3. The van der Waals surface area contributed by atoms with Crippen molar-refractivity contribution in [2.45, 2.75) is 32.0 Å². The first kappa shape index (κ1) is 12.2. The number of hydrogen-bond acceptors (Lipinski definition) is 4. The van der Waals surface area contributed by atoms with E-state index in [0.717, 1.165) is 18.4 Å². The van der Waals surface area contributed by atoms with Crippen molar-refractivity contribution in [2.75, 3.05) is 6.61 Å². The van der Waals surface area contributed by atoms with Gasteiger partial charge in [0.15, 0.2) is 0 Å². The van der Waals surface area contributed by atoms with Crippen molar-refractivity contribution < 1.29 is 14.3 Å². The average molecular weight is 260 g/mol. The maximum atomic E-state index is 11.9. The molecule has 5 heteroatoms. The van der Waals surface area contributed by atoms with Gasteiger partial charge in [0.05, 0.1) is 35.8 Å². The molecule has 0 aliphatic carbocycles. The third kappa shape index (κ3) is 2.61. The van der Waals surface area contributed by atoms with Crippen LogP contribution in [0.15, 0.2) is 30.9 Å². The summed E-state index contributed by atoms with van der Waals surface area (Å²) < 4.78 is 12.8. The molecule has 0 spiro atoms. The molecule has 5 nitrogen and oxygen atoms in total. The van der Waals surface area contributed by atoms with Crippen molar-refractivity contribution in [1.29, 1.82) is 0 Å². The largest absolute Gasteiger partial charge is 0.459 e. The Bertz CT molecular complexity index is 593. The first-order valence-corrected chi connectivity index (χ1v) is 6.46. The molecule has 0 radical (unpaired) electrons. The lowest BCUT2D eigenvalue weighted by molar-refractivity contribution is -0.00265. The van der Waals surface area contributed by atoms with Gasteiger partial charge in [0.2, 0.25) is 0 Å². The smallest absolute Gasteiger partial charge is 0.338 e. The van der Waals surface area contributed by atoms with E-state index in [4.69, 9.17) is 9.47 Å². The van der Waals surface area contributed by atoms with Crippen molar-refractivity contribution in [3.05, 3.63) is 36.4 Å². The summed E-state index contributed by atoms with van der Waals surface area (Å²) in [5, 5.41) is 0. The van der Waals surface area contributed by atoms with Crippen LogP contribution in [0.1, 0.15) is 30.1 Å². The van der Waals surface area contributed by atoms with Crippen LogP contribution in [0, 0.1) is 0 Å². The summed E-state index contributed by atoms with van der Waals surface area (Å²) in [6, 6.07) is 3.50. The molecule has 19 heavy (non-hydrogen) atoms. The fraction of sp³-hybridized carbons (Fsp3) is 0.429. The Labute approximate surface area is 111 Å². The SMILES string of the molecule is CC1CCC(COC(=O)c2ccn3cncc3c2)O1. The maximum Gasteiger partial charge on any atom is 0.338 e. The Morgan fingerprint density at radius 3 is 3.26 bits per heavy atom. The lowest BCUT2D eigenvalue weighted by Gasteiger charge is -2.11. The Hall–Kier alpha value is -1.88. The molecule has 2 atom stereocenters. The van der Waals surface area contributed by atoms with E-state index in [-0.39, 0.29) is 18.2 Å². The van der Waals surface area contributed by atoms with Gasteiger partial charge in [0.1, 0.15) is 6.61 Å². The van der Waals surface area contributed by atoms with Gasteiger partial charge in [0, 0.05) is 6.20 Å². The quantitative estimate of drug-likeness (QED) is 0.793. The molecule has 3 rings (SSSR count). The minimum atomic E-state index is -0.313. The summed E-state index contributed by atoms with van der Waals surface area (Å²) in [5.41, 5.74) is 1.42. The molecule has 1 aliphatic rings. The summed E-state index contributed by atoms with van der Waals surface area (Å²) in [6.07, 6.45) is 7.49. The van der Waals surface area contributed by atoms with E-state index in [1.165, 1.54) is 0 Å². The lowest BCUT2D eigenvalue weighted by Crippen LogP contribution is -2.19. The normalized spacial score (nSPS) is 22.8. The molecule has 0 aromatic carbocycles. The summed E-state index contributed by atoms with van der Waals surface area (Å²) in [7, 11) is 0. The zero-order valence-electron chi connectivity index (χ0n) is 10.8. The molecule has 2 aromatic heterocycles. The fourth-order valence-electron chi connectivity index (χ4n) is 2.31. The summed E-state index contributed by atoms with van der Waals surface area (Å²) >= 11 is 0. The van der Waals surface area contributed by atoms with Gasteiger partial charge in [0.25, 0.3) is 0 Å². The van der Waals surface area contributed by atoms with Crippen molar-refractivity contribution >= 4 is 11.5 Å². The molecule has 0 amide bonds. The zero-order chi connectivity index (χ0) is 13.2. The van der Waals surface area contributed by atoms with E-state index < -0.39 is 0 Å². The molecule has 3 heterocycles. The Morgan fingerprint density at radius 1 is 1.58 bits per heavy atom. The van der Waals surface area contributed by atoms with E-state index in [1.54, 1.807) is 30.9 Å². The molecule has 2 aromatic rings. The van der Waals surface area contributed by atoms with Gasteiger partial charge in [-0.1, -0.05) is 0 Å². The van der Waals surface area contributed by atoms with Crippen LogP contribution in [0.4, 0.5) is 0 Å². The molecule has 1 saturated heterocycles. The van der Waals surface area contributed by atoms with E-state index >= 15 is 0 Å². The van der Waals surface area contributed by atoms with Gasteiger partial charge >= 0.3 is 5.97 Å². The van der Waals surface area contributed by atoms with Crippen molar-refractivity contribution in [3.63, 3.8) is 0 Å². The number of carbonyl (C=O) groups is 1. The van der Waals surface area contributed by atoms with E-state index in [1.807, 2.05) is 11.3 Å². The number of esters is 1. The van der Waals surface area contributed by atoms with Crippen LogP contribution < -0.4 is 0 Å². The standard InChI is InChI=1S/C14H16N2O3/c1-10-2-3-13(19-10)8-18-14(17)11-4-5-16-9-15-7-12(16)6-11/h4-7,9-10,13H,2-3,8H2,1H3. The predicted octanol–water partition coefficient (Wildman–Crippen LogP) is 2.06. The first-order chi connectivity index (χ1) is 9.22. The van der Waals surface area contributed by atoms with Gasteiger partial charge in [-0.05, 0) is 31.9 Å². The molecular formula is C14H16N2O3. The van der Waals surface area contributed by atoms with Gasteiger partial charge in [-0.2, -0.15) is 0 Å². The van der Waals surface area contributed by atoms with Crippen LogP contribution in [-0.4, -0.2) is 34.2 Å². The summed E-state index contributed by atoms with van der Waals surface area (Å²) in [6.45, 7) is 2.36. The highest BCUT2D eigenvalue weighted by Crippen LogP contribution is 2.19. The fourth-order valence-corrected chi connectivity index (χ4v) is 2.31. The third-order valence-corrected chi connectivity index (χ3v) is 3.37. The summed E-state index contributed by atoms with van der Waals surface area (Å²) in [5.74, 6) is -0.313. The predicted molar refractivity (Wildman–Crippen MR) is 69.0 cm³/mol. The average Bonchev–Trinajstić information content (AvgIpc) is 3.03. The number of imidazole rings is 1. The molecule has 1 aliphatic heterocycles. The molecule has 0 bridgehead atoms. The van der Waals surface area contributed by atoms with Gasteiger partial charge in [-0.15, -0.1) is 0 Å². The van der Waals surface area contributed by atoms with Crippen molar-refractivity contribution in [3.8, 4) is 0 Å². The molecule has 1 fully saturated rings. The summed E-state index contributed by atoms with van der Waals surface area (Å²) in [4.78, 5) is 16.0. The van der Waals surface area contributed by atoms with Gasteiger partial charge in [-0.3, -0.25) is 0 Å². The number of fused-ring (bicyclic) bond motifs is 1. The number of ether oxygens (including phenoxy) is 2. The maximum absolute atomic E-state index is 11.9. The molecular weight excluding hydrogens is 244 g/mol. The van der Waals surface area contributed by atoms with Crippen LogP contribution in [0.25, 0.3) is 5.52 Å². The topological polar surface area (TPSA) is 52.8 Å².